The summed E-state index contributed by atoms with van der Waals surface area (Å²) >= 11 is 7.29. The highest BCUT2D eigenvalue weighted by Gasteiger charge is 2.32. The number of carbonyl (C=O) groups excluding carboxylic acids is 1. The van der Waals surface area contributed by atoms with Crippen molar-refractivity contribution in [2.24, 2.45) is 4.99 Å². The highest BCUT2D eigenvalue weighted by atomic mass is 35.5. The third kappa shape index (κ3) is 5.39. The van der Waals surface area contributed by atoms with Gasteiger partial charge in [0.25, 0.3) is 5.91 Å². The van der Waals surface area contributed by atoms with Crippen molar-refractivity contribution >= 4 is 46.3 Å². The highest BCUT2D eigenvalue weighted by molar-refractivity contribution is 8.18. The molecule has 0 bridgehead atoms. The highest BCUT2D eigenvalue weighted by Crippen LogP contribution is 2.34. The van der Waals surface area contributed by atoms with Crippen molar-refractivity contribution < 1.29 is 9.53 Å². The van der Waals surface area contributed by atoms with Crippen LogP contribution in [0.1, 0.15) is 23.7 Å². The van der Waals surface area contributed by atoms with Gasteiger partial charge in [-0.05, 0) is 79.2 Å². The van der Waals surface area contributed by atoms with Gasteiger partial charge in [-0.1, -0.05) is 41.9 Å². The van der Waals surface area contributed by atoms with E-state index < -0.39 is 0 Å². The number of hydrogen-bond acceptors (Lipinski definition) is 5. The van der Waals surface area contributed by atoms with Gasteiger partial charge >= 0.3 is 0 Å². The Morgan fingerprint density at radius 3 is 2.66 bits per heavy atom. The maximum atomic E-state index is 12.9. The van der Waals surface area contributed by atoms with Gasteiger partial charge in [0.2, 0.25) is 0 Å². The van der Waals surface area contributed by atoms with Crippen molar-refractivity contribution in [3.05, 3.63) is 93.5 Å². The maximum Gasteiger partial charge on any atom is 0.266 e. The lowest BCUT2D eigenvalue weighted by Gasteiger charge is -2.11. The van der Waals surface area contributed by atoms with Crippen LogP contribution < -0.4 is 4.74 Å². The molecule has 32 heavy (non-hydrogen) atoms. The number of benzene rings is 2. The van der Waals surface area contributed by atoms with Crippen LogP contribution >= 0.6 is 23.4 Å². The molecule has 0 aliphatic carbocycles. The lowest BCUT2D eigenvalue weighted by molar-refractivity contribution is -0.122. The van der Waals surface area contributed by atoms with Crippen LogP contribution in [0, 0.1) is 6.92 Å². The second-order valence-corrected chi connectivity index (χ2v) is 8.62. The molecule has 0 N–H and O–H groups in total. The second-order valence-electron chi connectivity index (χ2n) is 7.18. The van der Waals surface area contributed by atoms with Gasteiger partial charge in [-0.2, -0.15) is 0 Å². The molecule has 3 aromatic rings. The monoisotopic (exact) mass is 463 g/mol. The van der Waals surface area contributed by atoms with Crippen LogP contribution in [0.15, 0.2) is 76.6 Å². The SMILES string of the molecule is CCN1C(=O)/C(=C/c2cccc(OCc3ccc(Cl)cc3)c2)S/C1=N/c1cccc(C)n1. The molecule has 1 amide bonds. The minimum Gasteiger partial charge on any atom is -0.489 e. The van der Waals surface area contributed by atoms with Gasteiger partial charge in [-0.3, -0.25) is 9.69 Å². The number of rotatable bonds is 6. The van der Waals surface area contributed by atoms with Crippen LogP contribution in [0.4, 0.5) is 5.82 Å². The van der Waals surface area contributed by atoms with Gasteiger partial charge < -0.3 is 4.74 Å². The first kappa shape index (κ1) is 22.1. The predicted octanol–water partition coefficient (Wildman–Crippen LogP) is 6.25. The molecule has 0 saturated carbocycles. The van der Waals surface area contributed by atoms with E-state index in [-0.39, 0.29) is 5.91 Å². The maximum absolute atomic E-state index is 12.9. The third-order valence-corrected chi connectivity index (χ3v) is 6.02. The Labute approximate surface area is 196 Å². The van der Waals surface area contributed by atoms with Crippen molar-refractivity contribution in [2.45, 2.75) is 20.5 Å². The van der Waals surface area contributed by atoms with Crippen molar-refractivity contribution in [3.63, 3.8) is 0 Å². The number of aliphatic imine (C=N–C) groups is 1. The number of halogens is 1. The normalized spacial score (nSPS) is 16.2. The summed E-state index contributed by atoms with van der Waals surface area (Å²) in [4.78, 5) is 24.2. The summed E-state index contributed by atoms with van der Waals surface area (Å²) in [5.74, 6) is 1.27. The molecule has 1 saturated heterocycles. The van der Waals surface area contributed by atoms with Gasteiger partial charge in [-0.25, -0.2) is 9.98 Å². The first-order valence-corrected chi connectivity index (χ1v) is 11.4. The zero-order valence-electron chi connectivity index (χ0n) is 17.8. The molecule has 2 heterocycles. The number of hydrogen-bond donors (Lipinski definition) is 0. The second kappa shape index (κ2) is 10.0. The first-order chi connectivity index (χ1) is 15.5. The topological polar surface area (TPSA) is 54.8 Å². The van der Waals surface area contributed by atoms with Crippen LogP contribution in [0.5, 0.6) is 5.75 Å². The number of amides is 1. The number of likely N-dealkylation sites (N-methyl/N-ethyl adjacent to an activating group) is 1. The molecule has 1 fully saturated rings. The fraction of sp³-hybridized carbons (Fsp3) is 0.160. The van der Waals surface area contributed by atoms with E-state index in [9.17, 15) is 4.79 Å². The number of ether oxygens (including phenoxy) is 1. The Bertz CT molecular complexity index is 1190. The Balaban J connectivity index is 1.52. The van der Waals surface area contributed by atoms with E-state index in [2.05, 4.69) is 9.98 Å². The van der Waals surface area contributed by atoms with Crippen LogP contribution in [0.3, 0.4) is 0 Å². The molecule has 162 valence electrons. The minimum absolute atomic E-state index is 0.0589. The molecule has 0 spiro atoms. The number of carbonyl (C=O) groups is 1. The molecule has 5 nitrogen and oxygen atoms in total. The van der Waals surface area contributed by atoms with E-state index in [1.807, 2.05) is 86.7 Å². The minimum atomic E-state index is -0.0589. The fourth-order valence-electron chi connectivity index (χ4n) is 3.15. The van der Waals surface area contributed by atoms with Gasteiger partial charge in [0, 0.05) is 17.3 Å². The van der Waals surface area contributed by atoms with Gasteiger partial charge in [0.1, 0.15) is 12.4 Å². The summed E-state index contributed by atoms with van der Waals surface area (Å²) in [6.45, 7) is 4.83. The largest absolute Gasteiger partial charge is 0.489 e. The molecular formula is C25H22ClN3O2S. The summed E-state index contributed by atoms with van der Waals surface area (Å²) in [6.07, 6.45) is 1.87. The van der Waals surface area contributed by atoms with Crippen LogP contribution in [-0.2, 0) is 11.4 Å². The van der Waals surface area contributed by atoms with Crippen LogP contribution in [0.25, 0.3) is 6.08 Å². The summed E-state index contributed by atoms with van der Waals surface area (Å²) in [6, 6.07) is 20.9. The van der Waals surface area contributed by atoms with Crippen LogP contribution in [0.2, 0.25) is 5.02 Å². The molecule has 4 rings (SSSR count). The molecule has 1 aliphatic heterocycles. The molecule has 0 atom stereocenters. The first-order valence-electron chi connectivity index (χ1n) is 10.2. The quantitative estimate of drug-likeness (QED) is 0.405. The van der Waals surface area contributed by atoms with E-state index in [1.165, 1.54) is 11.8 Å². The van der Waals surface area contributed by atoms with Gasteiger partial charge in [0.05, 0.1) is 4.91 Å². The summed E-state index contributed by atoms with van der Waals surface area (Å²) in [7, 11) is 0. The smallest absolute Gasteiger partial charge is 0.266 e. The average molecular weight is 464 g/mol. The molecule has 1 aromatic heterocycles. The molecule has 0 unspecified atom stereocenters. The Morgan fingerprint density at radius 2 is 1.91 bits per heavy atom. The number of pyridine rings is 1. The Kier molecular flexibility index (Phi) is 6.93. The number of amidine groups is 1. The van der Waals surface area contributed by atoms with Crippen molar-refractivity contribution in [3.8, 4) is 5.75 Å². The van der Waals surface area contributed by atoms with Crippen molar-refractivity contribution in [2.75, 3.05) is 6.54 Å². The summed E-state index contributed by atoms with van der Waals surface area (Å²) < 4.78 is 5.91. The van der Waals surface area contributed by atoms with E-state index in [0.717, 1.165) is 22.6 Å². The molecule has 2 aromatic carbocycles. The average Bonchev–Trinajstić information content (AvgIpc) is 3.07. The standard InChI is InChI=1S/C25H22ClN3O2S/c1-3-29-24(30)22(32-25(29)28-23-9-4-6-17(2)27-23)15-19-7-5-8-21(14-19)31-16-18-10-12-20(26)13-11-18/h4-15H,3,16H2,1-2H3/b22-15-,28-25+. The molecule has 1 aliphatic rings. The zero-order valence-corrected chi connectivity index (χ0v) is 19.4. The number of nitrogens with zero attached hydrogens (tertiary/aromatic N) is 3. The van der Waals surface area contributed by atoms with Gasteiger partial charge in [-0.15, -0.1) is 0 Å². The van der Waals surface area contributed by atoms with E-state index in [1.54, 1.807) is 4.90 Å². The van der Waals surface area contributed by atoms with Crippen molar-refractivity contribution in [1.82, 2.24) is 9.88 Å². The fourth-order valence-corrected chi connectivity index (χ4v) is 4.33. The van der Waals surface area contributed by atoms with Crippen LogP contribution in [-0.4, -0.2) is 27.5 Å². The summed E-state index contributed by atoms with van der Waals surface area (Å²) in [5.41, 5.74) is 2.81. The third-order valence-electron chi connectivity index (χ3n) is 4.76. The number of aromatic nitrogens is 1. The molecular weight excluding hydrogens is 442 g/mol. The lowest BCUT2D eigenvalue weighted by atomic mass is 10.2. The van der Waals surface area contributed by atoms with E-state index >= 15 is 0 Å². The Morgan fingerprint density at radius 1 is 1.12 bits per heavy atom. The van der Waals surface area contributed by atoms with E-state index in [0.29, 0.717) is 34.1 Å². The molecule has 0 radical (unpaired) electrons. The Hall–Kier alpha value is -3.09. The number of thioether (sulfide) groups is 1. The number of aryl methyl sites for hydroxylation is 1. The van der Waals surface area contributed by atoms with E-state index in [4.69, 9.17) is 16.3 Å². The molecule has 7 heteroatoms. The summed E-state index contributed by atoms with van der Waals surface area (Å²) in [5, 5.41) is 1.33. The lowest BCUT2D eigenvalue weighted by Crippen LogP contribution is -2.28. The predicted molar refractivity (Wildman–Crippen MR) is 131 cm³/mol. The van der Waals surface area contributed by atoms with Gasteiger partial charge in [0.15, 0.2) is 11.0 Å². The zero-order chi connectivity index (χ0) is 22.5. The van der Waals surface area contributed by atoms with Crippen molar-refractivity contribution in [1.29, 1.82) is 0 Å².